The van der Waals surface area contributed by atoms with Gasteiger partial charge in [-0.3, -0.25) is 4.79 Å². The van der Waals surface area contributed by atoms with Crippen molar-refractivity contribution in [1.82, 2.24) is 4.90 Å². The zero-order chi connectivity index (χ0) is 14.3. The average molecular weight is 271 g/mol. The van der Waals surface area contributed by atoms with Crippen molar-refractivity contribution in [3.05, 3.63) is 0 Å². The molecule has 4 N–H and O–H groups in total. The summed E-state index contributed by atoms with van der Waals surface area (Å²) in [5, 5.41) is 20.7. The highest BCUT2D eigenvalue weighted by molar-refractivity contribution is 6.06. The molecule has 1 aliphatic rings. The van der Waals surface area contributed by atoms with E-state index in [1.165, 1.54) is 0 Å². The van der Waals surface area contributed by atoms with Crippen LogP contribution in [0.3, 0.4) is 0 Å². The molecule has 1 aliphatic carbocycles. The Hall–Kier alpha value is -1.30. The van der Waals surface area contributed by atoms with Gasteiger partial charge >= 0.3 is 0 Å². The van der Waals surface area contributed by atoms with E-state index in [-0.39, 0.29) is 18.3 Å². The molecule has 0 bridgehead atoms. The molecule has 6 nitrogen and oxygen atoms in total. The highest BCUT2D eigenvalue weighted by Crippen LogP contribution is 2.39. The molecule has 0 aliphatic heterocycles. The van der Waals surface area contributed by atoms with Crippen LogP contribution in [0.25, 0.3) is 0 Å². The molecule has 0 aromatic carbocycles. The predicted molar refractivity (Wildman–Crippen MR) is 72.9 cm³/mol. The van der Waals surface area contributed by atoms with Crippen LogP contribution in [0.1, 0.15) is 44.9 Å². The molecule has 0 aromatic heterocycles. The lowest BCUT2D eigenvalue weighted by Gasteiger charge is -2.31. The van der Waals surface area contributed by atoms with E-state index in [2.05, 4.69) is 5.16 Å². The van der Waals surface area contributed by atoms with E-state index in [0.29, 0.717) is 19.4 Å². The van der Waals surface area contributed by atoms with Crippen LogP contribution in [-0.2, 0) is 4.79 Å². The molecule has 0 unspecified atom stereocenters. The predicted octanol–water partition coefficient (Wildman–Crippen LogP) is 0.914. The number of carbonyl (C=O) groups is 1. The van der Waals surface area contributed by atoms with Crippen molar-refractivity contribution in [1.29, 1.82) is 0 Å². The van der Waals surface area contributed by atoms with Gasteiger partial charge in [0.1, 0.15) is 5.41 Å². The summed E-state index contributed by atoms with van der Waals surface area (Å²) in [7, 11) is 1.76. The van der Waals surface area contributed by atoms with Crippen LogP contribution in [0.2, 0.25) is 0 Å². The van der Waals surface area contributed by atoms with Crippen LogP contribution in [0.15, 0.2) is 5.16 Å². The number of unbranched alkanes of at least 4 members (excludes halogenated alkanes) is 2. The topological polar surface area (TPSA) is 99.2 Å². The second kappa shape index (κ2) is 7.33. The highest BCUT2D eigenvalue weighted by Gasteiger charge is 2.46. The summed E-state index contributed by atoms with van der Waals surface area (Å²) in [5.41, 5.74) is 4.94. The Morgan fingerprint density at radius 1 is 1.32 bits per heavy atom. The molecular weight excluding hydrogens is 246 g/mol. The van der Waals surface area contributed by atoms with Crippen molar-refractivity contribution < 1.29 is 15.1 Å². The Morgan fingerprint density at radius 3 is 2.47 bits per heavy atom. The van der Waals surface area contributed by atoms with Gasteiger partial charge in [0.25, 0.3) is 0 Å². The van der Waals surface area contributed by atoms with Crippen LogP contribution < -0.4 is 5.73 Å². The van der Waals surface area contributed by atoms with Crippen LogP contribution in [0.5, 0.6) is 0 Å². The minimum absolute atomic E-state index is 0.0391. The molecule has 19 heavy (non-hydrogen) atoms. The second-order valence-corrected chi connectivity index (χ2v) is 5.29. The molecule has 0 heterocycles. The van der Waals surface area contributed by atoms with E-state index in [1.807, 2.05) is 0 Å². The maximum atomic E-state index is 12.5. The summed E-state index contributed by atoms with van der Waals surface area (Å²) in [5.74, 6) is -0.0125. The normalized spacial score (nSPS) is 18.5. The number of amides is 1. The van der Waals surface area contributed by atoms with Crippen molar-refractivity contribution in [2.45, 2.75) is 44.9 Å². The summed E-state index contributed by atoms with van der Waals surface area (Å²) in [6.07, 6.45) is 5.68. The van der Waals surface area contributed by atoms with E-state index >= 15 is 0 Å². The number of hydrogen-bond donors (Lipinski definition) is 3. The third kappa shape index (κ3) is 3.59. The number of aliphatic hydroxyl groups excluding tert-OH is 1. The fourth-order valence-corrected chi connectivity index (χ4v) is 2.76. The van der Waals surface area contributed by atoms with Gasteiger partial charge in [-0.15, -0.1) is 0 Å². The van der Waals surface area contributed by atoms with Gasteiger partial charge in [0.05, 0.1) is 0 Å². The Balaban J connectivity index is 2.62. The van der Waals surface area contributed by atoms with Crippen molar-refractivity contribution in [2.24, 2.45) is 16.3 Å². The first kappa shape index (κ1) is 15.8. The standard InChI is InChI=1S/C13H25N3O3/c1-16(9-5-2-6-10-17)12(18)13(11(14)15-19)7-3-4-8-13/h17,19H,2-10H2,1H3,(H2,14,15). The minimum atomic E-state index is -0.805. The Labute approximate surface area is 114 Å². The fraction of sp³-hybridized carbons (Fsp3) is 0.846. The number of rotatable bonds is 7. The molecule has 0 radical (unpaired) electrons. The van der Waals surface area contributed by atoms with Gasteiger partial charge in [0, 0.05) is 20.2 Å². The lowest BCUT2D eigenvalue weighted by Crippen LogP contribution is -2.49. The van der Waals surface area contributed by atoms with Crippen LogP contribution in [0.4, 0.5) is 0 Å². The number of nitrogens with zero attached hydrogens (tertiary/aromatic N) is 2. The molecule has 0 spiro atoms. The first-order valence-electron chi connectivity index (χ1n) is 6.93. The maximum Gasteiger partial charge on any atom is 0.236 e. The minimum Gasteiger partial charge on any atom is -0.409 e. The molecule has 1 fully saturated rings. The zero-order valence-electron chi connectivity index (χ0n) is 11.6. The Morgan fingerprint density at radius 2 is 1.95 bits per heavy atom. The van der Waals surface area contributed by atoms with Gasteiger partial charge in [0.15, 0.2) is 5.84 Å². The fourth-order valence-electron chi connectivity index (χ4n) is 2.76. The molecule has 1 amide bonds. The van der Waals surface area contributed by atoms with Crippen LogP contribution in [-0.4, -0.2) is 47.2 Å². The molecule has 1 rings (SSSR count). The molecule has 0 saturated heterocycles. The van der Waals surface area contributed by atoms with Crippen molar-refractivity contribution in [3.63, 3.8) is 0 Å². The molecule has 0 atom stereocenters. The van der Waals surface area contributed by atoms with Crippen molar-refractivity contribution in [2.75, 3.05) is 20.2 Å². The number of nitrogens with two attached hydrogens (primary N) is 1. The van der Waals surface area contributed by atoms with Crippen molar-refractivity contribution >= 4 is 11.7 Å². The van der Waals surface area contributed by atoms with Gasteiger partial charge in [-0.2, -0.15) is 0 Å². The number of aliphatic hydroxyl groups is 1. The summed E-state index contributed by atoms with van der Waals surface area (Å²) in [6.45, 7) is 0.824. The van der Waals surface area contributed by atoms with Gasteiger partial charge in [-0.1, -0.05) is 18.0 Å². The average Bonchev–Trinajstić information content (AvgIpc) is 2.92. The van der Waals surface area contributed by atoms with Gasteiger partial charge in [-0.05, 0) is 32.1 Å². The second-order valence-electron chi connectivity index (χ2n) is 5.29. The SMILES string of the molecule is CN(CCCCCO)C(=O)C1(C(N)=NO)CCCC1. The third-order valence-electron chi connectivity index (χ3n) is 3.96. The number of oxime groups is 1. The van der Waals surface area contributed by atoms with Gasteiger partial charge in [-0.25, -0.2) is 0 Å². The Bertz CT molecular complexity index is 325. The molecule has 1 saturated carbocycles. The van der Waals surface area contributed by atoms with Crippen molar-refractivity contribution in [3.8, 4) is 0 Å². The first-order valence-corrected chi connectivity index (χ1v) is 6.93. The Kier molecular flexibility index (Phi) is 6.08. The van der Waals surface area contributed by atoms with Gasteiger partial charge < -0.3 is 20.9 Å². The maximum absolute atomic E-state index is 12.5. The summed E-state index contributed by atoms with van der Waals surface area (Å²) in [4.78, 5) is 14.2. The summed E-state index contributed by atoms with van der Waals surface area (Å²) < 4.78 is 0. The molecule has 6 heteroatoms. The molecule has 110 valence electrons. The zero-order valence-corrected chi connectivity index (χ0v) is 11.6. The third-order valence-corrected chi connectivity index (χ3v) is 3.96. The summed E-state index contributed by atoms with van der Waals surface area (Å²) >= 11 is 0. The number of amidine groups is 1. The highest BCUT2D eigenvalue weighted by atomic mass is 16.4. The van der Waals surface area contributed by atoms with Gasteiger partial charge in [0.2, 0.25) is 5.91 Å². The molecule has 0 aromatic rings. The quantitative estimate of drug-likeness (QED) is 0.211. The van der Waals surface area contributed by atoms with E-state index < -0.39 is 5.41 Å². The summed E-state index contributed by atoms with van der Waals surface area (Å²) in [6, 6.07) is 0. The first-order chi connectivity index (χ1) is 9.08. The lowest BCUT2D eigenvalue weighted by atomic mass is 9.83. The van der Waals surface area contributed by atoms with Crippen LogP contribution in [0, 0.1) is 5.41 Å². The smallest absolute Gasteiger partial charge is 0.236 e. The number of hydrogen-bond acceptors (Lipinski definition) is 4. The van der Waals surface area contributed by atoms with Crippen LogP contribution >= 0.6 is 0 Å². The lowest BCUT2D eigenvalue weighted by molar-refractivity contribution is -0.137. The van der Waals surface area contributed by atoms with E-state index in [1.54, 1.807) is 11.9 Å². The largest absolute Gasteiger partial charge is 0.409 e. The van der Waals surface area contributed by atoms with E-state index in [9.17, 15) is 4.79 Å². The molecular formula is C13H25N3O3. The monoisotopic (exact) mass is 271 g/mol. The van der Waals surface area contributed by atoms with E-state index in [0.717, 1.165) is 32.1 Å². The number of carbonyl (C=O) groups excluding carboxylic acids is 1. The van der Waals surface area contributed by atoms with E-state index in [4.69, 9.17) is 16.0 Å².